The van der Waals surface area contributed by atoms with Gasteiger partial charge in [-0.25, -0.2) is 0 Å². The first-order valence-electron chi connectivity index (χ1n) is 6.24. The lowest BCUT2D eigenvalue weighted by Gasteiger charge is -2.39. The van der Waals surface area contributed by atoms with Gasteiger partial charge < -0.3 is 5.73 Å². The van der Waals surface area contributed by atoms with Crippen molar-refractivity contribution in [2.75, 3.05) is 13.1 Å². The van der Waals surface area contributed by atoms with Gasteiger partial charge in [0.15, 0.2) is 0 Å². The number of nitrogens with two attached hydrogens (primary N) is 1. The lowest BCUT2D eigenvalue weighted by Crippen LogP contribution is -2.55. The molecule has 1 fully saturated rings. The highest BCUT2D eigenvalue weighted by Gasteiger charge is 2.35. The molecule has 3 heteroatoms. The average Bonchev–Trinajstić information content (AvgIpc) is 2.39. The number of benzene rings is 1. The number of hydrogen-bond donors (Lipinski definition) is 1. The predicted molar refractivity (Wildman–Crippen MR) is 72.6 cm³/mol. The Morgan fingerprint density at radius 2 is 2.22 bits per heavy atom. The highest BCUT2D eigenvalue weighted by Crippen LogP contribution is 2.25. The van der Waals surface area contributed by atoms with Crippen molar-refractivity contribution in [3.8, 4) is 6.07 Å². The third-order valence-electron chi connectivity index (χ3n) is 3.43. The molecule has 1 heterocycles. The maximum atomic E-state index is 9.21. The van der Waals surface area contributed by atoms with E-state index in [2.05, 4.69) is 29.7 Å². The molecule has 0 unspecified atom stereocenters. The fourth-order valence-electron chi connectivity index (χ4n) is 2.59. The van der Waals surface area contributed by atoms with Gasteiger partial charge in [0.25, 0.3) is 0 Å². The van der Waals surface area contributed by atoms with Gasteiger partial charge in [-0.2, -0.15) is 5.26 Å². The molecule has 2 rings (SSSR count). The van der Waals surface area contributed by atoms with E-state index in [4.69, 9.17) is 5.73 Å². The lowest BCUT2D eigenvalue weighted by molar-refractivity contribution is 0.142. The molecule has 1 aromatic rings. The summed E-state index contributed by atoms with van der Waals surface area (Å²) >= 11 is 0. The summed E-state index contributed by atoms with van der Waals surface area (Å²) in [6.45, 7) is 6.23. The van der Waals surface area contributed by atoms with E-state index in [1.165, 1.54) is 5.56 Å². The molecule has 0 aromatic heterocycles. The van der Waals surface area contributed by atoms with Gasteiger partial charge in [-0.3, -0.25) is 4.90 Å². The zero-order valence-corrected chi connectivity index (χ0v) is 10.5. The highest BCUT2D eigenvalue weighted by molar-refractivity contribution is 5.17. The first-order valence-corrected chi connectivity index (χ1v) is 6.24. The third-order valence-corrected chi connectivity index (χ3v) is 3.43. The predicted octanol–water partition coefficient (Wildman–Crippen LogP) is 1.92. The summed E-state index contributed by atoms with van der Waals surface area (Å²) in [5, 5.41) is 9.21. The summed E-state index contributed by atoms with van der Waals surface area (Å²) in [6.07, 6.45) is 2.62. The Balaban J connectivity index is 2.09. The first kappa shape index (κ1) is 12.8. The number of hydrogen-bond acceptors (Lipinski definition) is 3. The van der Waals surface area contributed by atoms with Crippen LogP contribution >= 0.6 is 0 Å². The molecule has 1 aromatic carbocycles. The van der Waals surface area contributed by atoms with Gasteiger partial charge in [-0.15, -0.1) is 6.58 Å². The smallest absolute Gasteiger partial charge is 0.117 e. The molecular formula is C15H19N3. The van der Waals surface area contributed by atoms with Crippen molar-refractivity contribution in [1.29, 1.82) is 5.26 Å². The van der Waals surface area contributed by atoms with Crippen LogP contribution in [-0.4, -0.2) is 23.5 Å². The topological polar surface area (TPSA) is 53.0 Å². The summed E-state index contributed by atoms with van der Waals surface area (Å²) < 4.78 is 0. The number of nitriles is 1. The second-order valence-corrected chi connectivity index (χ2v) is 5.12. The van der Waals surface area contributed by atoms with Crippen molar-refractivity contribution in [1.82, 2.24) is 4.90 Å². The van der Waals surface area contributed by atoms with Gasteiger partial charge in [-0.05, 0) is 17.9 Å². The van der Waals surface area contributed by atoms with E-state index in [9.17, 15) is 5.26 Å². The van der Waals surface area contributed by atoms with Gasteiger partial charge in [0.2, 0.25) is 0 Å². The van der Waals surface area contributed by atoms with Crippen LogP contribution in [0.2, 0.25) is 0 Å². The summed E-state index contributed by atoms with van der Waals surface area (Å²) in [4.78, 5) is 2.24. The highest BCUT2D eigenvalue weighted by atomic mass is 15.2. The number of nitrogens with zero attached hydrogens (tertiary/aromatic N) is 2. The zero-order chi connectivity index (χ0) is 13.0. The van der Waals surface area contributed by atoms with E-state index in [0.717, 1.165) is 13.1 Å². The molecule has 0 spiro atoms. The standard InChI is InChI=1S/C15H19N3/c1-2-13-8-15(17,11-16)12-18(9-13)10-14-6-4-3-5-7-14/h2-7,13H,1,8-10,12,17H2/t13-,15-/m0/s1. The van der Waals surface area contributed by atoms with Crippen molar-refractivity contribution >= 4 is 0 Å². The largest absolute Gasteiger partial charge is 0.312 e. The molecule has 0 bridgehead atoms. The minimum Gasteiger partial charge on any atom is -0.312 e. The molecule has 0 amide bonds. The van der Waals surface area contributed by atoms with Gasteiger partial charge in [0.05, 0.1) is 6.07 Å². The zero-order valence-electron chi connectivity index (χ0n) is 10.5. The Labute approximate surface area is 109 Å². The monoisotopic (exact) mass is 241 g/mol. The van der Waals surface area contributed by atoms with Crippen LogP contribution in [0.4, 0.5) is 0 Å². The second-order valence-electron chi connectivity index (χ2n) is 5.12. The van der Waals surface area contributed by atoms with Gasteiger partial charge in [0, 0.05) is 19.6 Å². The Hall–Kier alpha value is -1.63. The molecule has 0 saturated carbocycles. The molecule has 3 nitrogen and oxygen atoms in total. The van der Waals surface area contributed by atoms with Crippen LogP contribution in [-0.2, 0) is 6.54 Å². The van der Waals surface area contributed by atoms with E-state index in [1.807, 2.05) is 24.3 Å². The van der Waals surface area contributed by atoms with E-state index < -0.39 is 5.54 Å². The van der Waals surface area contributed by atoms with E-state index in [0.29, 0.717) is 18.9 Å². The number of likely N-dealkylation sites (tertiary alicyclic amines) is 1. The fourth-order valence-corrected chi connectivity index (χ4v) is 2.59. The Bertz CT molecular complexity index is 449. The van der Waals surface area contributed by atoms with Crippen molar-refractivity contribution in [3.63, 3.8) is 0 Å². The molecule has 2 atom stereocenters. The summed E-state index contributed by atoms with van der Waals surface area (Å²) in [5.41, 5.74) is 6.63. The fraction of sp³-hybridized carbons (Fsp3) is 0.400. The van der Waals surface area contributed by atoms with Crippen LogP contribution in [0.5, 0.6) is 0 Å². The van der Waals surface area contributed by atoms with Gasteiger partial charge in [0.1, 0.15) is 5.54 Å². The summed E-state index contributed by atoms with van der Waals surface area (Å²) in [7, 11) is 0. The van der Waals surface area contributed by atoms with Crippen molar-refractivity contribution in [3.05, 3.63) is 48.6 Å². The van der Waals surface area contributed by atoms with Crippen LogP contribution in [0, 0.1) is 17.2 Å². The second kappa shape index (κ2) is 5.34. The Kier molecular flexibility index (Phi) is 3.81. The molecule has 0 aliphatic carbocycles. The molecular weight excluding hydrogens is 222 g/mol. The molecule has 2 N–H and O–H groups in total. The molecule has 18 heavy (non-hydrogen) atoms. The van der Waals surface area contributed by atoms with Crippen molar-refractivity contribution in [2.24, 2.45) is 11.7 Å². The molecule has 0 radical (unpaired) electrons. The molecule has 94 valence electrons. The maximum Gasteiger partial charge on any atom is 0.117 e. The van der Waals surface area contributed by atoms with Crippen LogP contribution in [0.3, 0.4) is 0 Å². The average molecular weight is 241 g/mol. The SMILES string of the molecule is C=C[C@@H]1CN(Cc2ccccc2)C[C@@](N)(C#N)C1. The Morgan fingerprint density at radius 3 is 2.83 bits per heavy atom. The minimum absolute atomic E-state index is 0.298. The summed E-state index contributed by atoms with van der Waals surface area (Å²) in [6, 6.07) is 12.5. The van der Waals surface area contributed by atoms with Gasteiger partial charge in [-0.1, -0.05) is 36.4 Å². The van der Waals surface area contributed by atoms with Crippen molar-refractivity contribution < 1.29 is 0 Å². The molecule has 1 aliphatic heterocycles. The van der Waals surface area contributed by atoms with Crippen LogP contribution in [0.15, 0.2) is 43.0 Å². The normalized spacial score (nSPS) is 28.6. The van der Waals surface area contributed by atoms with Crippen LogP contribution < -0.4 is 5.73 Å². The lowest BCUT2D eigenvalue weighted by atomic mass is 9.84. The molecule has 1 saturated heterocycles. The minimum atomic E-state index is -0.744. The van der Waals surface area contributed by atoms with Gasteiger partial charge >= 0.3 is 0 Å². The maximum absolute atomic E-state index is 9.21. The van der Waals surface area contributed by atoms with E-state index in [1.54, 1.807) is 0 Å². The number of piperidine rings is 1. The number of rotatable bonds is 3. The quantitative estimate of drug-likeness (QED) is 0.822. The third kappa shape index (κ3) is 2.98. The van der Waals surface area contributed by atoms with E-state index in [-0.39, 0.29) is 0 Å². The van der Waals surface area contributed by atoms with E-state index >= 15 is 0 Å². The van der Waals surface area contributed by atoms with Crippen LogP contribution in [0.1, 0.15) is 12.0 Å². The summed E-state index contributed by atoms with van der Waals surface area (Å²) in [5.74, 6) is 0.298. The first-order chi connectivity index (χ1) is 8.65. The molecule has 1 aliphatic rings. The Morgan fingerprint density at radius 1 is 1.50 bits per heavy atom. The van der Waals surface area contributed by atoms with Crippen molar-refractivity contribution in [2.45, 2.75) is 18.5 Å². The van der Waals surface area contributed by atoms with Crippen LogP contribution in [0.25, 0.3) is 0 Å².